The van der Waals surface area contributed by atoms with Crippen molar-refractivity contribution in [3.05, 3.63) is 35.2 Å². The van der Waals surface area contributed by atoms with Crippen LogP contribution in [0.15, 0.2) is 12.1 Å². The van der Waals surface area contributed by atoms with E-state index >= 15 is 0 Å². The van der Waals surface area contributed by atoms with Crippen molar-refractivity contribution in [2.75, 3.05) is 5.32 Å². The van der Waals surface area contributed by atoms with E-state index in [1.165, 1.54) is 6.07 Å². The van der Waals surface area contributed by atoms with E-state index in [1.54, 1.807) is 13.0 Å². The molecule has 2 aromatic heterocycles. The molecule has 0 fully saturated rings. The highest BCUT2D eigenvalue weighted by Crippen LogP contribution is 2.18. The number of hydrogen-bond donors (Lipinski definition) is 2. The van der Waals surface area contributed by atoms with Crippen LogP contribution in [0.4, 0.5) is 20.4 Å². The number of halogens is 2. The van der Waals surface area contributed by atoms with Crippen molar-refractivity contribution in [2.45, 2.75) is 6.92 Å². The van der Waals surface area contributed by atoms with Crippen molar-refractivity contribution >= 4 is 11.6 Å². The summed E-state index contributed by atoms with van der Waals surface area (Å²) in [5, 5.41) is 17.4. The molecule has 0 bridgehead atoms. The van der Waals surface area contributed by atoms with Crippen molar-refractivity contribution in [3.63, 3.8) is 0 Å². The maximum absolute atomic E-state index is 13.4. The molecule has 5 nitrogen and oxygen atoms in total. The standard InChI is InChI=1S/C10H7F2N5/c1-5-2-8(17-16-5)14-10-7(11)3-6(4-13)9(12)15-10/h2-3H,1H3,(H2,14,15,16,17). The highest BCUT2D eigenvalue weighted by molar-refractivity contribution is 5.53. The molecule has 0 amide bonds. The molecule has 2 N–H and O–H groups in total. The summed E-state index contributed by atoms with van der Waals surface area (Å²) in [5.41, 5.74) is 0.327. The van der Waals surface area contributed by atoms with Gasteiger partial charge in [0.15, 0.2) is 17.5 Å². The quantitative estimate of drug-likeness (QED) is 0.780. The van der Waals surface area contributed by atoms with Crippen molar-refractivity contribution < 1.29 is 8.78 Å². The maximum atomic E-state index is 13.4. The summed E-state index contributed by atoms with van der Waals surface area (Å²) < 4.78 is 26.6. The Kier molecular flexibility index (Phi) is 2.70. The number of pyridine rings is 1. The Morgan fingerprint density at radius 2 is 2.18 bits per heavy atom. The number of aromatic amines is 1. The highest BCUT2D eigenvalue weighted by atomic mass is 19.1. The Balaban J connectivity index is 2.34. The first-order valence-corrected chi connectivity index (χ1v) is 4.65. The number of H-pyrrole nitrogens is 1. The number of aryl methyl sites for hydroxylation is 1. The number of nitrogens with one attached hydrogen (secondary N) is 2. The molecule has 0 atom stereocenters. The van der Waals surface area contributed by atoms with Gasteiger partial charge in [0, 0.05) is 17.8 Å². The van der Waals surface area contributed by atoms with Gasteiger partial charge in [-0.3, -0.25) is 5.10 Å². The number of aromatic nitrogens is 3. The van der Waals surface area contributed by atoms with Crippen LogP contribution in [-0.4, -0.2) is 15.2 Å². The zero-order valence-corrected chi connectivity index (χ0v) is 8.75. The zero-order chi connectivity index (χ0) is 12.4. The smallest absolute Gasteiger partial charge is 0.232 e. The predicted octanol–water partition coefficient (Wildman–Crippen LogP) is 2.01. The van der Waals surface area contributed by atoms with Crippen LogP contribution in [-0.2, 0) is 0 Å². The third-order valence-corrected chi connectivity index (χ3v) is 2.00. The Hall–Kier alpha value is -2.49. The summed E-state index contributed by atoms with van der Waals surface area (Å²) in [4.78, 5) is 3.32. The van der Waals surface area contributed by atoms with E-state index in [0.717, 1.165) is 11.8 Å². The van der Waals surface area contributed by atoms with Crippen LogP contribution in [0.3, 0.4) is 0 Å². The predicted molar refractivity (Wildman–Crippen MR) is 55.5 cm³/mol. The van der Waals surface area contributed by atoms with E-state index in [-0.39, 0.29) is 5.82 Å². The van der Waals surface area contributed by atoms with Gasteiger partial charge in [-0.15, -0.1) is 0 Å². The summed E-state index contributed by atoms with van der Waals surface area (Å²) in [7, 11) is 0. The molecule has 0 aliphatic heterocycles. The van der Waals surface area contributed by atoms with Gasteiger partial charge < -0.3 is 5.32 Å². The summed E-state index contributed by atoms with van der Waals surface area (Å²) >= 11 is 0. The van der Waals surface area contributed by atoms with Gasteiger partial charge in [0.1, 0.15) is 11.6 Å². The summed E-state index contributed by atoms with van der Waals surface area (Å²) in [5.74, 6) is -1.83. The van der Waals surface area contributed by atoms with Crippen molar-refractivity contribution in [1.29, 1.82) is 5.26 Å². The Bertz CT molecular complexity index is 599. The number of nitrogens with zero attached hydrogens (tertiary/aromatic N) is 3. The van der Waals surface area contributed by atoms with Crippen molar-refractivity contribution in [3.8, 4) is 6.07 Å². The van der Waals surface area contributed by atoms with Crippen LogP contribution in [0.2, 0.25) is 0 Å². The molecule has 0 unspecified atom stereocenters. The molecule has 0 aliphatic carbocycles. The molecule has 0 radical (unpaired) electrons. The third kappa shape index (κ3) is 2.20. The van der Waals surface area contributed by atoms with Gasteiger partial charge >= 0.3 is 0 Å². The van der Waals surface area contributed by atoms with Crippen LogP contribution in [0.1, 0.15) is 11.3 Å². The van der Waals surface area contributed by atoms with E-state index < -0.39 is 17.3 Å². The average molecular weight is 235 g/mol. The highest BCUT2D eigenvalue weighted by Gasteiger charge is 2.12. The van der Waals surface area contributed by atoms with Crippen LogP contribution in [0, 0.1) is 30.0 Å². The molecule has 0 aliphatic rings. The van der Waals surface area contributed by atoms with E-state index in [4.69, 9.17) is 5.26 Å². The Labute approximate surface area is 95.1 Å². The molecule has 7 heteroatoms. The first-order valence-electron chi connectivity index (χ1n) is 4.65. The first-order chi connectivity index (χ1) is 8.10. The lowest BCUT2D eigenvalue weighted by atomic mass is 10.3. The minimum atomic E-state index is -1.02. The molecule has 17 heavy (non-hydrogen) atoms. The summed E-state index contributed by atoms with van der Waals surface area (Å²) in [6.07, 6.45) is 0. The fourth-order valence-electron chi connectivity index (χ4n) is 1.24. The minimum Gasteiger partial charge on any atom is -0.321 e. The molecule has 2 rings (SSSR count). The monoisotopic (exact) mass is 235 g/mol. The SMILES string of the molecule is Cc1cc(Nc2nc(F)c(C#N)cc2F)n[nH]1. The molecule has 0 saturated heterocycles. The molecule has 0 spiro atoms. The molecule has 86 valence electrons. The molecule has 0 saturated carbocycles. The zero-order valence-electron chi connectivity index (χ0n) is 8.75. The van der Waals surface area contributed by atoms with Gasteiger partial charge in [-0.2, -0.15) is 19.7 Å². The van der Waals surface area contributed by atoms with Gasteiger partial charge in [-0.05, 0) is 6.92 Å². The first kappa shape index (κ1) is 11.0. The number of rotatable bonds is 2. The molecular weight excluding hydrogens is 228 g/mol. The van der Waals surface area contributed by atoms with Gasteiger partial charge in [-0.1, -0.05) is 0 Å². The number of hydrogen-bond acceptors (Lipinski definition) is 4. The fraction of sp³-hybridized carbons (Fsp3) is 0.100. The fourth-order valence-corrected chi connectivity index (χ4v) is 1.24. The lowest BCUT2D eigenvalue weighted by Crippen LogP contribution is -2.01. The lowest BCUT2D eigenvalue weighted by Gasteiger charge is -2.03. The second-order valence-electron chi connectivity index (χ2n) is 3.33. The Morgan fingerprint density at radius 3 is 2.76 bits per heavy atom. The van der Waals surface area contributed by atoms with E-state index in [9.17, 15) is 8.78 Å². The minimum absolute atomic E-state index is 0.312. The van der Waals surface area contributed by atoms with Gasteiger partial charge in [0.2, 0.25) is 5.95 Å². The van der Waals surface area contributed by atoms with Crippen molar-refractivity contribution in [1.82, 2.24) is 15.2 Å². The molecule has 2 heterocycles. The van der Waals surface area contributed by atoms with Crippen molar-refractivity contribution in [2.24, 2.45) is 0 Å². The van der Waals surface area contributed by atoms with Crippen LogP contribution in [0.5, 0.6) is 0 Å². The Morgan fingerprint density at radius 1 is 1.41 bits per heavy atom. The second-order valence-corrected chi connectivity index (χ2v) is 3.33. The average Bonchev–Trinajstić information content (AvgIpc) is 2.69. The van der Waals surface area contributed by atoms with Gasteiger partial charge in [0.25, 0.3) is 0 Å². The normalized spacial score (nSPS) is 10.0. The van der Waals surface area contributed by atoms with Crippen LogP contribution in [0.25, 0.3) is 0 Å². The third-order valence-electron chi connectivity index (χ3n) is 2.00. The summed E-state index contributed by atoms with van der Waals surface area (Å²) in [6.45, 7) is 1.77. The molecule has 0 aromatic carbocycles. The van der Waals surface area contributed by atoms with E-state index in [0.29, 0.717) is 5.82 Å². The number of anilines is 2. The topological polar surface area (TPSA) is 77.4 Å². The maximum Gasteiger partial charge on any atom is 0.232 e. The summed E-state index contributed by atoms with van der Waals surface area (Å²) in [6, 6.07) is 3.89. The molecular formula is C10H7F2N5. The lowest BCUT2D eigenvalue weighted by molar-refractivity contribution is 0.561. The van der Waals surface area contributed by atoms with Gasteiger partial charge in [-0.25, -0.2) is 4.39 Å². The van der Waals surface area contributed by atoms with E-state index in [1.807, 2.05) is 0 Å². The van der Waals surface area contributed by atoms with Crippen LogP contribution >= 0.6 is 0 Å². The van der Waals surface area contributed by atoms with Gasteiger partial charge in [0.05, 0.1) is 0 Å². The largest absolute Gasteiger partial charge is 0.321 e. The second kappa shape index (κ2) is 4.17. The number of nitriles is 1. The molecule has 2 aromatic rings. The van der Waals surface area contributed by atoms with Crippen LogP contribution < -0.4 is 5.32 Å². The van der Waals surface area contributed by atoms with E-state index in [2.05, 4.69) is 20.5 Å².